The highest BCUT2D eigenvalue weighted by atomic mass is 32.2. The molecule has 2 aromatic rings. The minimum absolute atomic E-state index is 0.139. The lowest BCUT2D eigenvalue weighted by molar-refractivity contribution is 0.0137. The molecule has 0 radical (unpaired) electrons. The maximum atomic E-state index is 10.0. The monoisotopic (exact) mass is 400 g/mol. The maximum Gasteiger partial charge on any atom is 0.206 e. The molecule has 1 aromatic heterocycles. The molecule has 0 amide bonds. The molecule has 2 N–H and O–H groups in total. The number of hydrogen-bond donors (Lipinski definition) is 2. The summed E-state index contributed by atoms with van der Waals surface area (Å²) in [7, 11) is 0. The molecule has 0 unspecified atom stereocenters. The van der Waals surface area contributed by atoms with Crippen LogP contribution in [0.4, 0.5) is 0 Å². The molecule has 0 bridgehead atoms. The van der Waals surface area contributed by atoms with Crippen molar-refractivity contribution in [2.75, 3.05) is 5.75 Å². The zero-order valence-corrected chi connectivity index (χ0v) is 17.2. The van der Waals surface area contributed by atoms with E-state index in [1.807, 2.05) is 12.1 Å². The number of nitrogens with one attached hydrogen (secondary N) is 1. The van der Waals surface area contributed by atoms with Gasteiger partial charge in [0.25, 0.3) is 0 Å². The average molecular weight is 401 g/mol. The fraction of sp³-hybridized carbons (Fsp3) is 0.381. The second kappa shape index (κ2) is 6.91. The van der Waals surface area contributed by atoms with Crippen molar-refractivity contribution in [3.8, 4) is 11.5 Å². The van der Waals surface area contributed by atoms with Gasteiger partial charge in [0.2, 0.25) is 5.72 Å². The molecule has 3 heterocycles. The number of thiophene rings is 1. The van der Waals surface area contributed by atoms with Gasteiger partial charge in [-0.3, -0.25) is 0 Å². The number of amidine groups is 1. The van der Waals surface area contributed by atoms with Crippen LogP contribution in [0.2, 0.25) is 0 Å². The first-order chi connectivity index (χ1) is 12.9. The Morgan fingerprint density at radius 3 is 3.04 bits per heavy atom. The van der Waals surface area contributed by atoms with E-state index in [0.717, 1.165) is 35.1 Å². The highest BCUT2D eigenvalue weighted by Gasteiger charge is 2.48. The van der Waals surface area contributed by atoms with Crippen LogP contribution in [0, 0.1) is 0 Å². The number of phenolic OH excluding ortho intramolecular Hbond substituents is 1. The molecule has 4 rings (SSSR count). The Kier molecular flexibility index (Phi) is 4.72. The van der Waals surface area contributed by atoms with Gasteiger partial charge in [-0.25, -0.2) is 4.99 Å². The minimum atomic E-state index is -0.645. The minimum Gasteiger partial charge on any atom is -0.508 e. The number of hydrogen-bond acceptors (Lipinski definition) is 6. The molecule has 2 atom stereocenters. The SMILES string of the molecule is C=CCSC1=N[C@@]2(C[C@H](c3cccs3)c3ccc(O)cc3O2)CC(C)(C)N1. The van der Waals surface area contributed by atoms with E-state index >= 15 is 0 Å². The van der Waals surface area contributed by atoms with Crippen molar-refractivity contribution in [1.82, 2.24) is 5.32 Å². The van der Waals surface area contributed by atoms with Gasteiger partial charge < -0.3 is 15.2 Å². The lowest BCUT2D eigenvalue weighted by atomic mass is 9.80. The molecule has 1 spiro atoms. The first-order valence-electron chi connectivity index (χ1n) is 9.07. The Bertz CT molecular complexity index is 876. The van der Waals surface area contributed by atoms with Crippen LogP contribution in [0.1, 0.15) is 43.0 Å². The van der Waals surface area contributed by atoms with Gasteiger partial charge in [0.05, 0.1) is 0 Å². The standard InChI is InChI=1S/C21H24N2O2S2/c1-4-9-27-19-22-20(2,3)13-21(23-19)12-16(18-6-5-10-26-18)15-8-7-14(24)11-17(15)25-21/h4-8,10-11,16,24H,1,9,12-13H2,2-3H3,(H,22,23)/t16-,21+/m0/s1. The number of thioether (sulfide) groups is 1. The van der Waals surface area contributed by atoms with E-state index in [2.05, 4.69) is 43.3 Å². The van der Waals surface area contributed by atoms with E-state index < -0.39 is 5.72 Å². The third-order valence-electron chi connectivity index (χ3n) is 4.89. The third kappa shape index (κ3) is 3.73. The Hall–Kier alpha value is -1.92. The summed E-state index contributed by atoms with van der Waals surface area (Å²) in [6.07, 6.45) is 3.43. The number of aromatic hydroxyl groups is 1. The van der Waals surface area contributed by atoms with Gasteiger partial charge >= 0.3 is 0 Å². The van der Waals surface area contributed by atoms with E-state index in [0.29, 0.717) is 0 Å². The molecule has 1 aromatic carbocycles. The Labute approximate surface area is 168 Å². The number of aliphatic imine (C=N–C) groups is 1. The Morgan fingerprint density at radius 1 is 1.44 bits per heavy atom. The second-order valence-electron chi connectivity index (χ2n) is 7.74. The molecule has 6 heteroatoms. The normalized spacial score (nSPS) is 25.9. The molecular formula is C21H24N2O2S2. The fourth-order valence-electron chi connectivity index (χ4n) is 3.98. The summed E-state index contributed by atoms with van der Waals surface area (Å²) < 4.78 is 6.49. The van der Waals surface area contributed by atoms with Crippen molar-refractivity contribution in [2.45, 2.75) is 43.9 Å². The van der Waals surface area contributed by atoms with Crippen LogP contribution in [0.3, 0.4) is 0 Å². The molecule has 0 saturated carbocycles. The summed E-state index contributed by atoms with van der Waals surface area (Å²) in [5.74, 6) is 1.95. The van der Waals surface area contributed by atoms with Gasteiger partial charge in [0.1, 0.15) is 11.5 Å². The quantitative estimate of drug-likeness (QED) is 0.703. The molecule has 0 aliphatic carbocycles. The van der Waals surface area contributed by atoms with Crippen molar-refractivity contribution in [2.24, 2.45) is 4.99 Å². The molecule has 0 saturated heterocycles. The molecular weight excluding hydrogens is 376 g/mol. The van der Waals surface area contributed by atoms with Crippen LogP contribution >= 0.6 is 23.1 Å². The molecule has 2 aliphatic rings. The Balaban J connectivity index is 1.79. The number of benzene rings is 1. The summed E-state index contributed by atoms with van der Waals surface area (Å²) in [4.78, 5) is 6.32. The van der Waals surface area contributed by atoms with Gasteiger partial charge in [-0.15, -0.1) is 17.9 Å². The van der Waals surface area contributed by atoms with Crippen LogP contribution in [-0.2, 0) is 0 Å². The van der Waals surface area contributed by atoms with Crippen LogP contribution in [0.5, 0.6) is 11.5 Å². The smallest absolute Gasteiger partial charge is 0.206 e. The van der Waals surface area contributed by atoms with E-state index in [1.54, 1.807) is 35.2 Å². The lowest BCUT2D eigenvalue weighted by Crippen LogP contribution is -2.56. The molecule has 4 nitrogen and oxygen atoms in total. The van der Waals surface area contributed by atoms with Crippen LogP contribution in [0.25, 0.3) is 0 Å². The van der Waals surface area contributed by atoms with E-state index in [1.165, 1.54) is 4.88 Å². The van der Waals surface area contributed by atoms with Crippen molar-refractivity contribution >= 4 is 28.3 Å². The highest BCUT2D eigenvalue weighted by molar-refractivity contribution is 8.13. The zero-order valence-electron chi connectivity index (χ0n) is 15.6. The topological polar surface area (TPSA) is 53.9 Å². The first kappa shape index (κ1) is 18.4. The van der Waals surface area contributed by atoms with Crippen LogP contribution < -0.4 is 10.1 Å². The van der Waals surface area contributed by atoms with E-state index in [9.17, 15) is 5.11 Å². The zero-order chi connectivity index (χ0) is 19.1. The average Bonchev–Trinajstić information content (AvgIpc) is 3.11. The van der Waals surface area contributed by atoms with Crippen molar-refractivity contribution in [3.05, 3.63) is 58.8 Å². The third-order valence-corrected chi connectivity index (χ3v) is 6.74. The van der Waals surface area contributed by atoms with Gasteiger partial charge in [0, 0.05) is 46.6 Å². The van der Waals surface area contributed by atoms with Gasteiger partial charge in [-0.1, -0.05) is 30.0 Å². The van der Waals surface area contributed by atoms with Gasteiger partial charge in [0.15, 0.2) is 5.17 Å². The fourth-order valence-corrected chi connectivity index (χ4v) is 5.68. The Morgan fingerprint density at radius 2 is 2.30 bits per heavy atom. The van der Waals surface area contributed by atoms with Crippen molar-refractivity contribution < 1.29 is 9.84 Å². The molecule has 27 heavy (non-hydrogen) atoms. The van der Waals surface area contributed by atoms with Crippen LogP contribution in [-0.4, -0.2) is 27.3 Å². The van der Waals surface area contributed by atoms with Crippen LogP contribution in [0.15, 0.2) is 53.4 Å². The number of ether oxygens (including phenoxy) is 1. The number of nitrogens with zero attached hydrogens (tertiary/aromatic N) is 1. The molecule has 142 valence electrons. The second-order valence-corrected chi connectivity index (χ2v) is 9.73. The lowest BCUT2D eigenvalue weighted by Gasteiger charge is -2.47. The van der Waals surface area contributed by atoms with Crippen molar-refractivity contribution in [3.63, 3.8) is 0 Å². The summed E-state index contributed by atoms with van der Waals surface area (Å²) in [6.45, 7) is 8.17. The van der Waals surface area contributed by atoms with E-state index in [-0.39, 0.29) is 17.2 Å². The van der Waals surface area contributed by atoms with Gasteiger partial charge in [-0.05, 0) is 31.4 Å². The van der Waals surface area contributed by atoms with Gasteiger partial charge in [-0.2, -0.15) is 0 Å². The summed E-state index contributed by atoms with van der Waals surface area (Å²) in [6, 6.07) is 9.70. The first-order valence-corrected chi connectivity index (χ1v) is 10.9. The summed E-state index contributed by atoms with van der Waals surface area (Å²) in [5, 5.41) is 16.5. The summed E-state index contributed by atoms with van der Waals surface area (Å²) in [5.41, 5.74) is 0.334. The number of fused-ring (bicyclic) bond motifs is 1. The maximum absolute atomic E-state index is 10.0. The molecule has 2 aliphatic heterocycles. The van der Waals surface area contributed by atoms with E-state index in [4.69, 9.17) is 9.73 Å². The predicted octanol–water partition coefficient (Wildman–Crippen LogP) is 5.11. The molecule has 0 fully saturated rings. The summed E-state index contributed by atoms with van der Waals surface area (Å²) >= 11 is 3.40. The predicted molar refractivity (Wildman–Crippen MR) is 114 cm³/mol. The number of phenols is 1. The highest BCUT2D eigenvalue weighted by Crippen LogP contribution is 2.50. The largest absolute Gasteiger partial charge is 0.508 e. The number of rotatable bonds is 3. The van der Waals surface area contributed by atoms with Crippen molar-refractivity contribution in [1.29, 1.82) is 0 Å².